The highest BCUT2D eigenvalue weighted by Gasteiger charge is 2.57. The van der Waals surface area contributed by atoms with Crippen LogP contribution < -0.4 is 0 Å². The average molecular weight is 284 g/mol. The van der Waals surface area contributed by atoms with E-state index in [2.05, 4.69) is 11.1 Å². The first-order valence-corrected chi connectivity index (χ1v) is 7.17. The van der Waals surface area contributed by atoms with Crippen LogP contribution in [0.15, 0.2) is 24.3 Å². The van der Waals surface area contributed by atoms with Crippen LogP contribution in [0.5, 0.6) is 0 Å². The number of H-pyrrole nitrogens is 1. The first kappa shape index (κ1) is 12.4. The molecular weight excluding hydrogens is 268 g/mol. The highest BCUT2D eigenvalue weighted by molar-refractivity contribution is 5.96. The van der Waals surface area contributed by atoms with Gasteiger partial charge in [0.25, 0.3) is 0 Å². The number of para-hydroxylation sites is 1. The van der Waals surface area contributed by atoms with Gasteiger partial charge in [0, 0.05) is 23.9 Å². The number of methoxy groups -OCH3 is 1. The predicted molar refractivity (Wildman–Crippen MR) is 76.6 cm³/mol. The molecule has 1 saturated heterocycles. The molecule has 3 heterocycles. The lowest BCUT2D eigenvalue weighted by atomic mass is 9.84. The molecule has 2 aromatic rings. The molecule has 0 bridgehead atoms. The Labute approximate surface area is 121 Å². The minimum absolute atomic E-state index is 0.0321. The summed E-state index contributed by atoms with van der Waals surface area (Å²) in [5.74, 6) is -0.314. The summed E-state index contributed by atoms with van der Waals surface area (Å²) in [4.78, 5) is 29.7. The van der Waals surface area contributed by atoms with Gasteiger partial charge in [-0.15, -0.1) is 0 Å². The number of nitrogens with zero attached hydrogens (tertiary/aromatic N) is 1. The topological polar surface area (TPSA) is 62.4 Å². The van der Waals surface area contributed by atoms with Gasteiger partial charge in [-0.3, -0.25) is 4.79 Å². The third-order valence-corrected chi connectivity index (χ3v) is 4.80. The third kappa shape index (κ3) is 1.41. The number of benzene rings is 1. The quantitative estimate of drug-likeness (QED) is 0.811. The van der Waals surface area contributed by atoms with Gasteiger partial charge in [-0.1, -0.05) is 18.2 Å². The molecule has 1 amide bonds. The zero-order chi connectivity index (χ0) is 14.6. The molecule has 2 aliphatic rings. The first-order chi connectivity index (χ1) is 10.2. The molecule has 1 aromatic heterocycles. The fraction of sp³-hybridized carbons (Fsp3) is 0.375. The Hall–Kier alpha value is -2.30. The van der Waals surface area contributed by atoms with Crippen LogP contribution in [0.3, 0.4) is 0 Å². The number of fused-ring (bicyclic) bond motifs is 5. The smallest absolute Gasteiger partial charge is 0.338 e. The largest absolute Gasteiger partial charge is 0.467 e. The van der Waals surface area contributed by atoms with E-state index in [1.165, 1.54) is 7.11 Å². The number of nitrogens with one attached hydrogen (secondary N) is 1. The number of hydrogen-bond acceptors (Lipinski definition) is 3. The molecule has 108 valence electrons. The molecule has 21 heavy (non-hydrogen) atoms. The van der Waals surface area contributed by atoms with E-state index in [1.807, 2.05) is 18.2 Å². The number of aromatic nitrogens is 1. The Balaban J connectivity index is 2.02. The Morgan fingerprint density at radius 2 is 2.14 bits per heavy atom. The zero-order valence-electron chi connectivity index (χ0n) is 11.8. The van der Waals surface area contributed by atoms with Crippen molar-refractivity contribution in [3.8, 4) is 0 Å². The Kier molecular flexibility index (Phi) is 2.43. The minimum Gasteiger partial charge on any atom is -0.467 e. The SMILES string of the molecule is COC(=O)[C@]12CCC(=O)N1CCc1c2[nH]c2ccccc12. The maximum Gasteiger partial charge on any atom is 0.338 e. The van der Waals surface area contributed by atoms with E-state index in [9.17, 15) is 9.59 Å². The lowest BCUT2D eigenvalue weighted by Gasteiger charge is -2.39. The van der Waals surface area contributed by atoms with Crippen LogP contribution in [0.4, 0.5) is 0 Å². The van der Waals surface area contributed by atoms with Gasteiger partial charge in [-0.2, -0.15) is 0 Å². The number of rotatable bonds is 1. The van der Waals surface area contributed by atoms with E-state index in [-0.39, 0.29) is 11.9 Å². The Morgan fingerprint density at radius 1 is 1.33 bits per heavy atom. The molecule has 5 heteroatoms. The summed E-state index contributed by atoms with van der Waals surface area (Å²) in [6, 6.07) is 8.02. The number of carbonyl (C=O) groups excluding carboxylic acids is 2. The van der Waals surface area contributed by atoms with E-state index in [4.69, 9.17) is 4.74 Å². The van der Waals surface area contributed by atoms with Crippen LogP contribution in [-0.2, 0) is 26.3 Å². The number of carbonyl (C=O) groups is 2. The maximum atomic E-state index is 12.5. The number of aromatic amines is 1. The molecule has 1 N–H and O–H groups in total. The van der Waals surface area contributed by atoms with Crippen LogP contribution >= 0.6 is 0 Å². The summed E-state index contributed by atoms with van der Waals surface area (Å²) in [5.41, 5.74) is 2.03. The molecule has 1 fully saturated rings. The Bertz CT molecular complexity index is 764. The molecule has 2 aliphatic heterocycles. The van der Waals surface area contributed by atoms with E-state index >= 15 is 0 Å². The van der Waals surface area contributed by atoms with Gasteiger partial charge in [0.2, 0.25) is 5.91 Å². The fourth-order valence-corrected chi connectivity index (χ4v) is 3.87. The molecule has 1 atom stereocenters. The van der Waals surface area contributed by atoms with Crippen molar-refractivity contribution >= 4 is 22.8 Å². The van der Waals surface area contributed by atoms with Gasteiger partial charge < -0.3 is 14.6 Å². The lowest BCUT2D eigenvalue weighted by molar-refractivity contribution is -0.159. The monoisotopic (exact) mass is 284 g/mol. The fourth-order valence-electron chi connectivity index (χ4n) is 3.87. The number of hydrogen-bond donors (Lipinski definition) is 1. The van der Waals surface area contributed by atoms with Crippen molar-refractivity contribution in [2.24, 2.45) is 0 Å². The molecule has 5 nitrogen and oxygen atoms in total. The molecule has 0 unspecified atom stereocenters. The molecule has 4 rings (SSSR count). The van der Waals surface area contributed by atoms with Crippen molar-refractivity contribution in [2.45, 2.75) is 24.8 Å². The normalized spacial score (nSPS) is 24.0. The summed E-state index contributed by atoms with van der Waals surface area (Å²) in [6.45, 7) is 0.572. The molecule has 0 radical (unpaired) electrons. The highest BCUT2D eigenvalue weighted by atomic mass is 16.5. The van der Waals surface area contributed by atoms with Crippen LogP contribution in [-0.4, -0.2) is 35.4 Å². The Morgan fingerprint density at radius 3 is 2.95 bits per heavy atom. The maximum absolute atomic E-state index is 12.5. The van der Waals surface area contributed by atoms with Gasteiger partial charge in [0.15, 0.2) is 5.54 Å². The number of ether oxygens (including phenoxy) is 1. The average Bonchev–Trinajstić information content (AvgIpc) is 3.06. The van der Waals surface area contributed by atoms with Gasteiger partial charge >= 0.3 is 5.97 Å². The van der Waals surface area contributed by atoms with Crippen molar-refractivity contribution < 1.29 is 14.3 Å². The predicted octanol–water partition coefficient (Wildman–Crippen LogP) is 1.71. The third-order valence-electron chi connectivity index (χ3n) is 4.80. The standard InChI is InChI=1S/C16H16N2O3/c1-21-15(20)16-8-6-13(19)18(16)9-7-11-10-4-2-3-5-12(10)17-14(11)16/h2-5,17H,6-9H2,1H3/t16-/m1/s1. The van der Waals surface area contributed by atoms with Gasteiger partial charge in [0.1, 0.15) is 0 Å². The summed E-state index contributed by atoms with van der Waals surface area (Å²) in [7, 11) is 1.38. The second kappa shape index (κ2) is 4.10. The van der Waals surface area contributed by atoms with E-state index in [0.717, 1.165) is 28.6 Å². The molecular formula is C16H16N2O3. The molecule has 0 aliphatic carbocycles. The number of amides is 1. The van der Waals surface area contributed by atoms with Crippen LogP contribution in [0, 0.1) is 0 Å². The first-order valence-electron chi connectivity index (χ1n) is 7.17. The molecule has 1 aromatic carbocycles. The van der Waals surface area contributed by atoms with Gasteiger partial charge in [-0.05, 0) is 24.5 Å². The van der Waals surface area contributed by atoms with Gasteiger partial charge in [-0.25, -0.2) is 4.79 Å². The van der Waals surface area contributed by atoms with E-state index < -0.39 is 5.54 Å². The molecule has 0 spiro atoms. The second-order valence-electron chi connectivity index (χ2n) is 5.67. The van der Waals surface area contributed by atoms with Crippen molar-refractivity contribution in [3.05, 3.63) is 35.5 Å². The minimum atomic E-state index is -0.960. The zero-order valence-corrected chi connectivity index (χ0v) is 11.8. The van der Waals surface area contributed by atoms with Crippen molar-refractivity contribution in [1.29, 1.82) is 0 Å². The van der Waals surface area contributed by atoms with Crippen molar-refractivity contribution in [3.63, 3.8) is 0 Å². The summed E-state index contributed by atoms with van der Waals surface area (Å²) in [6.07, 6.45) is 1.64. The van der Waals surface area contributed by atoms with Crippen LogP contribution in [0.25, 0.3) is 10.9 Å². The van der Waals surface area contributed by atoms with Crippen LogP contribution in [0.2, 0.25) is 0 Å². The summed E-state index contributed by atoms with van der Waals surface area (Å²) < 4.78 is 5.04. The van der Waals surface area contributed by atoms with Crippen molar-refractivity contribution in [1.82, 2.24) is 9.88 Å². The van der Waals surface area contributed by atoms with E-state index in [1.54, 1.807) is 4.90 Å². The summed E-state index contributed by atoms with van der Waals surface area (Å²) >= 11 is 0. The second-order valence-corrected chi connectivity index (χ2v) is 5.67. The lowest BCUT2D eigenvalue weighted by Crippen LogP contribution is -2.53. The van der Waals surface area contributed by atoms with Gasteiger partial charge in [0.05, 0.1) is 12.8 Å². The van der Waals surface area contributed by atoms with Crippen molar-refractivity contribution in [2.75, 3.05) is 13.7 Å². The summed E-state index contributed by atoms with van der Waals surface area (Å²) in [5, 5.41) is 1.13. The molecule has 0 saturated carbocycles. The van der Waals surface area contributed by atoms with Crippen LogP contribution in [0.1, 0.15) is 24.1 Å². The highest BCUT2D eigenvalue weighted by Crippen LogP contribution is 2.46. The van der Waals surface area contributed by atoms with E-state index in [0.29, 0.717) is 19.4 Å². The number of esters is 1.